The molecule has 1 fully saturated rings. The summed E-state index contributed by atoms with van der Waals surface area (Å²) in [5, 5.41) is 17.9. The molecular formula is C22H20N2O3. The van der Waals surface area contributed by atoms with Crippen LogP contribution < -0.4 is 9.84 Å². The molecule has 2 aromatic carbocycles. The van der Waals surface area contributed by atoms with Gasteiger partial charge in [-0.3, -0.25) is 0 Å². The van der Waals surface area contributed by atoms with Gasteiger partial charge in [0.1, 0.15) is 17.7 Å². The van der Waals surface area contributed by atoms with Gasteiger partial charge in [-0.2, -0.15) is 0 Å². The molecule has 0 saturated heterocycles. The highest BCUT2D eigenvalue weighted by atomic mass is 16.6. The Balaban J connectivity index is 1.69. The summed E-state index contributed by atoms with van der Waals surface area (Å²) in [7, 11) is 1.64. The molecule has 2 aliphatic heterocycles. The van der Waals surface area contributed by atoms with Gasteiger partial charge < -0.3 is 14.6 Å². The monoisotopic (exact) mass is 360 g/mol. The van der Waals surface area contributed by atoms with Crippen LogP contribution in [0.15, 0.2) is 77.3 Å². The molecule has 27 heavy (non-hydrogen) atoms. The number of hydrogen-bond acceptors (Lipinski definition) is 4. The molecule has 2 heterocycles. The van der Waals surface area contributed by atoms with Crippen molar-refractivity contribution in [3.05, 3.63) is 83.3 Å². The smallest absolute Gasteiger partial charge is 0.302 e. The molecule has 2 aromatic rings. The lowest BCUT2D eigenvalue weighted by Gasteiger charge is -2.30. The third-order valence-electron chi connectivity index (χ3n) is 5.53. The number of ether oxygens (including phenoxy) is 2. The number of rotatable bonds is 3. The lowest BCUT2D eigenvalue weighted by Crippen LogP contribution is -2.38. The fourth-order valence-corrected chi connectivity index (χ4v) is 4.19. The van der Waals surface area contributed by atoms with Gasteiger partial charge in [-0.05, 0) is 66.3 Å². The first-order valence-electron chi connectivity index (χ1n) is 9.24. The van der Waals surface area contributed by atoms with Gasteiger partial charge in [-0.1, -0.05) is 22.9 Å². The van der Waals surface area contributed by atoms with Crippen LogP contribution in [-0.4, -0.2) is 17.8 Å². The van der Waals surface area contributed by atoms with Crippen molar-refractivity contribution in [2.75, 3.05) is 7.11 Å². The summed E-state index contributed by atoms with van der Waals surface area (Å²) in [6.45, 7) is 0. The second kappa shape index (κ2) is 5.98. The van der Waals surface area contributed by atoms with E-state index in [9.17, 15) is 5.11 Å². The van der Waals surface area contributed by atoms with Crippen LogP contribution in [0.4, 0.5) is 0 Å². The van der Waals surface area contributed by atoms with E-state index in [2.05, 4.69) is 6.08 Å². The Bertz CT molecular complexity index is 976. The van der Waals surface area contributed by atoms with Crippen LogP contribution >= 0.6 is 0 Å². The van der Waals surface area contributed by atoms with Gasteiger partial charge in [-0.25, -0.2) is 0 Å². The largest absolute Gasteiger partial charge is 0.542 e. The van der Waals surface area contributed by atoms with E-state index < -0.39 is 5.72 Å². The zero-order valence-electron chi connectivity index (χ0n) is 15.1. The summed E-state index contributed by atoms with van der Waals surface area (Å²) in [4.78, 5) is 0. The van der Waals surface area contributed by atoms with Crippen molar-refractivity contribution in [2.24, 2.45) is 5.11 Å². The minimum atomic E-state index is -1.02. The molecular weight excluding hydrogens is 340 g/mol. The Hall–Kier alpha value is -3.08. The van der Waals surface area contributed by atoms with Gasteiger partial charge in [0.05, 0.1) is 12.7 Å². The van der Waals surface area contributed by atoms with E-state index in [1.807, 2.05) is 54.6 Å². The molecule has 0 aromatic heterocycles. The Morgan fingerprint density at radius 1 is 1.15 bits per heavy atom. The number of hydrogen-bond donors (Lipinski definition) is 0. The van der Waals surface area contributed by atoms with Crippen LogP contribution in [0.1, 0.15) is 30.4 Å². The number of fused-ring (bicyclic) bond motifs is 2. The van der Waals surface area contributed by atoms with Gasteiger partial charge in [0.2, 0.25) is 0 Å². The highest BCUT2D eigenvalue weighted by Gasteiger charge is 2.53. The maximum Gasteiger partial charge on any atom is 0.302 e. The fraction of sp³-hybridized carbons (Fsp3) is 0.273. The molecule has 5 nitrogen and oxygen atoms in total. The minimum Gasteiger partial charge on any atom is -0.542 e. The van der Waals surface area contributed by atoms with E-state index in [0.717, 1.165) is 36.1 Å². The molecule has 2 atom stereocenters. The lowest BCUT2D eigenvalue weighted by atomic mass is 9.95. The molecule has 136 valence electrons. The number of azo groups is 2. The van der Waals surface area contributed by atoms with Crippen molar-refractivity contribution in [3.63, 3.8) is 0 Å². The van der Waals surface area contributed by atoms with Crippen LogP contribution in [0.3, 0.4) is 0 Å². The molecule has 0 spiro atoms. The van der Waals surface area contributed by atoms with Crippen LogP contribution in [-0.2, 0) is 10.5 Å². The Labute approximate surface area is 157 Å². The molecule has 5 heteroatoms. The normalized spacial score (nSPS) is 26.0. The van der Waals surface area contributed by atoms with E-state index in [4.69, 9.17) is 14.6 Å². The summed E-state index contributed by atoms with van der Waals surface area (Å²) in [5.41, 5.74) is 2.41. The van der Waals surface area contributed by atoms with Crippen LogP contribution in [0, 0.1) is 0 Å². The zero-order valence-corrected chi connectivity index (χ0v) is 15.1. The zero-order chi connectivity index (χ0) is 18.4. The first kappa shape index (κ1) is 16.1. The molecule has 1 aliphatic carbocycles. The van der Waals surface area contributed by atoms with Crippen molar-refractivity contribution >= 4 is 5.70 Å². The maximum atomic E-state index is 12.9. The van der Waals surface area contributed by atoms with Gasteiger partial charge in [0.15, 0.2) is 0 Å². The predicted molar refractivity (Wildman–Crippen MR) is 97.5 cm³/mol. The van der Waals surface area contributed by atoms with E-state index in [-0.39, 0.29) is 12.0 Å². The highest BCUT2D eigenvalue weighted by Crippen LogP contribution is 2.48. The first-order valence-corrected chi connectivity index (χ1v) is 9.24. The van der Waals surface area contributed by atoms with Crippen molar-refractivity contribution in [2.45, 2.75) is 31.0 Å². The topological polar surface area (TPSA) is 56.9 Å². The number of nitrogens with zero attached hydrogens (tertiary/aromatic N) is 2. The fourth-order valence-electron chi connectivity index (χ4n) is 4.19. The van der Waals surface area contributed by atoms with Gasteiger partial charge in [0.25, 0.3) is 5.70 Å². The van der Waals surface area contributed by atoms with Crippen LogP contribution in [0.2, 0.25) is 0 Å². The predicted octanol–water partition coefficient (Wildman–Crippen LogP) is 3.52. The summed E-state index contributed by atoms with van der Waals surface area (Å²) in [5.74, 6) is 0.412. The van der Waals surface area contributed by atoms with E-state index in [0.29, 0.717) is 5.70 Å². The van der Waals surface area contributed by atoms with Gasteiger partial charge >= 0.3 is 5.72 Å². The second-order valence-electron chi connectivity index (χ2n) is 7.08. The van der Waals surface area contributed by atoms with E-state index >= 15 is 0 Å². The summed E-state index contributed by atoms with van der Waals surface area (Å²) < 4.78 is 13.1. The average molecular weight is 360 g/mol. The molecule has 0 N–H and O–H groups in total. The Kier molecular flexibility index (Phi) is 3.57. The van der Waals surface area contributed by atoms with E-state index in [1.54, 1.807) is 11.8 Å². The van der Waals surface area contributed by atoms with Crippen molar-refractivity contribution in [3.8, 4) is 5.75 Å². The summed E-state index contributed by atoms with van der Waals surface area (Å²) in [6, 6.07) is 17.4. The van der Waals surface area contributed by atoms with Crippen molar-refractivity contribution in [1.29, 1.82) is 0 Å². The van der Waals surface area contributed by atoms with Gasteiger partial charge in [-0.15, -0.1) is 0 Å². The second-order valence-corrected chi connectivity index (χ2v) is 7.08. The van der Waals surface area contributed by atoms with E-state index in [1.165, 1.54) is 5.57 Å². The van der Waals surface area contributed by atoms with Crippen LogP contribution in [0.5, 0.6) is 5.75 Å². The minimum absolute atomic E-state index is 0.129. The van der Waals surface area contributed by atoms with Crippen LogP contribution in [0.25, 0.3) is 5.70 Å². The van der Waals surface area contributed by atoms with Crippen molar-refractivity contribution in [1.82, 2.24) is 0 Å². The quantitative estimate of drug-likeness (QED) is 0.622. The maximum absolute atomic E-state index is 12.9. The number of methoxy groups -OCH3 is 1. The highest BCUT2D eigenvalue weighted by molar-refractivity contribution is 5.61. The standard InChI is InChI=1S/C22H20N2O3/c1-26-18-12-10-17(11-13-18)22-14-16-8-5-9-19(16)23-24(22)20(21(25)27-22)15-6-3-2-4-7-15/h2-4,6-7,10-14,19H,5,8-9H2,1H3/t19-,22-/m1/s1. The first-order chi connectivity index (χ1) is 13.2. The molecule has 0 radical (unpaired) electrons. The summed E-state index contributed by atoms with van der Waals surface area (Å²) >= 11 is 0. The Morgan fingerprint density at radius 2 is 1.93 bits per heavy atom. The average Bonchev–Trinajstić information content (AvgIpc) is 3.27. The molecule has 3 aliphatic rings. The Morgan fingerprint density at radius 3 is 2.67 bits per heavy atom. The molecule has 0 bridgehead atoms. The van der Waals surface area contributed by atoms with Crippen molar-refractivity contribution < 1.29 is 19.3 Å². The molecule has 0 amide bonds. The molecule has 0 unspecified atom stereocenters. The lowest BCUT2D eigenvalue weighted by molar-refractivity contribution is -0.627. The molecule has 5 rings (SSSR count). The third kappa shape index (κ3) is 2.38. The van der Waals surface area contributed by atoms with Gasteiger partial charge in [0, 0.05) is 11.6 Å². The number of benzene rings is 2. The third-order valence-corrected chi connectivity index (χ3v) is 5.53. The summed E-state index contributed by atoms with van der Waals surface area (Å²) in [6.07, 6.45) is 5.23. The SMILES string of the molecule is COc1ccc([C@]23C=C4CCC[C@H]4N=[N+]2C(c2ccccc2)=C([O-])O3)cc1. The molecule has 1 saturated carbocycles.